The third-order valence-electron chi connectivity index (χ3n) is 4.92. The Kier molecular flexibility index (Phi) is 5.52. The van der Waals surface area contributed by atoms with Gasteiger partial charge in [0.05, 0.1) is 30.6 Å². The molecule has 1 fully saturated rings. The van der Waals surface area contributed by atoms with Crippen LogP contribution in [0.25, 0.3) is 10.8 Å². The van der Waals surface area contributed by atoms with Crippen LogP contribution in [0, 0.1) is 0 Å². The van der Waals surface area contributed by atoms with Gasteiger partial charge in [-0.3, -0.25) is 4.90 Å². The second kappa shape index (κ2) is 8.06. The normalized spacial score (nSPS) is 18.6. The SMILES string of the molecule is COc1ccc(CN(Cc2csc(-c3ccco3)n2)C2CCS(=O)(=O)C2)cc1. The number of hydrogen-bond acceptors (Lipinski definition) is 7. The zero-order valence-electron chi connectivity index (χ0n) is 15.6. The zero-order chi connectivity index (χ0) is 19.6. The molecule has 1 unspecified atom stereocenters. The molecule has 1 aromatic carbocycles. The Morgan fingerprint density at radius 1 is 1.25 bits per heavy atom. The van der Waals surface area contributed by atoms with E-state index in [-0.39, 0.29) is 17.5 Å². The predicted octanol–water partition coefficient (Wildman–Crippen LogP) is 3.60. The summed E-state index contributed by atoms with van der Waals surface area (Å²) in [6, 6.07) is 11.6. The van der Waals surface area contributed by atoms with E-state index in [0.29, 0.717) is 19.5 Å². The van der Waals surface area contributed by atoms with E-state index in [4.69, 9.17) is 9.15 Å². The van der Waals surface area contributed by atoms with Crippen molar-refractivity contribution < 1.29 is 17.6 Å². The van der Waals surface area contributed by atoms with Crippen LogP contribution in [0.4, 0.5) is 0 Å². The first-order valence-corrected chi connectivity index (χ1v) is 11.8. The van der Waals surface area contributed by atoms with Gasteiger partial charge in [-0.1, -0.05) is 12.1 Å². The van der Waals surface area contributed by atoms with Crippen molar-refractivity contribution >= 4 is 21.2 Å². The van der Waals surface area contributed by atoms with Gasteiger partial charge in [0, 0.05) is 24.5 Å². The van der Waals surface area contributed by atoms with Gasteiger partial charge in [0.15, 0.2) is 20.6 Å². The number of nitrogens with zero attached hydrogens (tertiary/aromatic N) is 2. The van der Waals surface area contributed by atoms with E-state index in [9.17, 15) is 8.42 Å². The molecule has 3 aromatic rings. The number of ether oxygens (including phenoxy) is 1. The lowest BCUT2D eigenvalue weighted by molar-refractivity contribution is 0.192. The maximum Gasteiger partial charge on any atom is 0.162 e. The summed E-state index contributed by atoms with van der Waals surface area (Å²) in [6.45, 7) is 1.27. The number of methoxy groups -OCH3 is 1. The highest BCUT2D eigenvalue weighted by Gasteiger charge is 2.32. The first kappa shape index (κ1) is 19.2. The highest BCUT2D eigenvalue weighted by atomic mass is 32.2. The Hall–Kier alpha value is -2.16. The van der Waals surface area contributed by atoms with Gasteiger partial charge in [-0.15, -0.1) is 11.3 Å². The second-order valence-corrected chi connectivity index (χ2v) is 10.0. The van der Waals surface area contributed by atoms with Crippen LogP contribution in [-0.4, -0.2) is 43.0 Å². The molecule has 0 aliphatic carbocycles. The zero-order valence-corrected chi connectivity index (χ0v) is 17.2. The summed E-state index contributed by atoms with van der Waals surface area (Å²) in [6.07, 6.45) is 2.30. The van der Waals surface area contributed by atoms with Crippen molar-refractivity contribution in [3.05, 3.63) is 59.3 Å². The van der Waals surface area contributed by atoms with E-state index >= 15 is 0 Å². The van der Waals surface area contributed by atoms with Gasteiger partial charge in [0.2, 0.25) is 0 Å². The molecule has 1 aliphatic heterocycles. The quantitative estimate of drug-likeness (QED) is 0.584. The third-order valence-corrected chi connectivity index (χ3v) is 7.57. The van der Waals surface area contributed by atoms with Crippen molar-refractivity contribution in [2.75, 3.05) is 18.6 Å². The topological polar surface area (TPSA) is 72.6 Å². The lowest BCUT2D eigenvalue weighted by atomic mass is 10.1. The molecule has 28 heavy (non-hydrogen) atoms. The summed E-state index contributed by atoms with van der Waals surface area (Å²) >= 11 is 1.54. The summed E-state index contributed by atoms with van der Waals surface area (Å²) in [5.41, 5.74) is 2.04. The van der Waals surface area contributed by atoms with Gasteiger partial charge in [-0.25, -0.2) is 13.4 Å². The molecule has 6 nitrogen and oxygen atoms in total. The Bertz CT molecular complexity index is 1010. The van der Waals surface area contributed by atoms with Crippen LogP contribution in [0.3, 0.4) is 0 Å². The fourth-order valence-electron chi connectivity index (χ4n) is 3.44. The molecule has 148 valence electrons. The minimum Gasteiger partial charge on any atom is -0.497 e. The van der Waals surface area contributed by atoms with Crippen LogP contribution in [0.15, 0.2) is 52.5 Å². The van der Waals surface area contributed by atoms with Gasteiger partial charge in [0.1, 0.15) is 5.75 Å². The molecule has 0 radical (unpaired) electrons. The lowest BCUT2D eigenvalue weighted by Crippen LogP contribution is -2.35. The molecule has 2 aromatic heterocycles. The van der Waals surface area contributed by atoms with Crippen molar-refractivity contribution in [2.45, 2.75) is 25.6 Å². The van der Waals surface area contributed by atoms with E-state index in [2.05, 4.69) is 9.88 Å². The molecule has 1 saturated heterocycles. The molecule has 4 rings (SSSR count). The van der Waals surface area contributed by atoms with E-state index in [1.165, 1.54) is 11.3 Å². The first-order valence-electron chi connectivity index (χ1n) is 9.08. The summed E-state index contributed by atoms with van der Waals surface area (Å²) in [7, 11) is -1.32. The smallest absolute Gasteiger partial charge is 0.162 e. The van der Waals surface area contributed by atoms with Crippen molar-refractivity contribution in [1.29, 1.82) is 0 Å². The van der Waals surface area contributed by atoms with Crippen molar-refractivity contribution in [1.82, 2.24) is 9.88 Å². The Balaban J connectivity index is 1.54. The van der Waals surface area contributed by atoms with Crippen molar-refractivity contribution in [2.24, 2.45) is 0 Å². The summed E-state index contributed by atoms with van der Waals surface area (Å²) < 4.78 is 34.7. The Labute approximate surface area is 168 Å². The highest BCUT2D eigenvalue weighted by Crippen LogP contribution is 2.27. The number of benzene rings is 1. The number of sulfone groups is 1. The van der Waals surface area contributed by atoms with Gasteiger partial charge in [-0.05, 0) is 36.2 Å². The molecule has 0 saturated carbocycles. The predicted molar refractivity (Wildman–Crippen MR) is 109 cm³/mol. The number of furan rings is 1. The molecule has 3 heterocycles. The van der Waals surface area contributed by atoms with Crippen LogP contribution in [-0.2, 0) is 22.9 Å². The van der Waals surface area contributed by atoms with E-state index in [1.807, 2.05) is 41.8 Å². The first-order chi connectivity index (χ1) is 13.5. The molecule has 0 amide bonds. The average Bonchev–Trinajstić information content (AvgIpc) is 3.42. The Morgan fingerprint density at radius 3 is 2.71 bits per heavy atom. The third kappa shape index (κ3) is 4.45. The molecule has 0 spiro atoms. The number of aromatic nitrogens is 1. The number of thiazole rings is 1. The molecular weight excluding hydrogens is 396 g/mol. The van der Waals surface area contributed by atoms with Crippen molar-refractivity contribution in [3.8, 4) is 16.5 Å². The summed E-state index contributed by atoms with van der Waals surface area (Å²) in [4.78, 5) is 6.90. The van der Waals surface area contributed by atoms with Crippen LogP contribution in [0.2, 0.25) is 0 Å². The Morgan fingerprint density at radius 2 is 2.07 bits per heavy atom. The van der Waals surface area contributed by atoms with E-state index < -0.39 is 9.84 Å². The molecule has 1 atom stereocenters. The van der Waals surface area contributed by atoms with Gasteiger partial charge < -0.3 is 9.15 Å². The highest BCUT2D eigenvalue weighted by molar-refractivity contribution is 7.91. The van der Waals surface area contributed by atoms with Gasteiger partial charge in [0.25, 0.3) is 0 Å². The fourth-order valence-corrected chi connectivity index (χ4v) is 5.98. The molecule has 1 aliphatic rings. The van der Waals surface area contributed by atoms with Crippen LogP contribution in [0.1, 0.15) is 17.7 Å². The molecular formula is C20H22N2O4S2. The molecule has 0 bridgehead atoms. The minimum absolute atomic E-state index is 0.000800. The summed E-state index contributed by atoms with van der Waals surface area (Å²) in [5, 5.41) is 2.85. The largest absolute Gasteiger partial charge is 0.497 e. The maximum atomic E-state index is 12.0. The van der Waals surface area contributed by atoms with Crippen molar-refractivity contribution in [3.63, 3.8) is 0 Å². The molecule has 8 heteroatoms. The lowest BCUT2D eigenvalue weighted by Gasteiger charge is -2.27. The van der Waals surface area contributed by atoms with E-state index in [0.717, 1.165) is 27.8 Å². The van der Waals surface area contributed by atoms with Crippen LogP contribution < -0.4 is 4.74 Å². The van der Waals surface area contributed by atoms with E-state index in [1.54, 1.807) is 13.4 Å². The van der Waals surface area contributed by atoms with Crippen LogP contribution >= 0.6 is 11.3 Å². The number of rotatable bonds is 7. The van der Waals surface area contributed by atoms with Crippen LogP contribution in [0.5, 0.6) is 5.75 Å². The summed E-state index contributed by atoms with van der Waals surface area (Å²) in [5.74, 6) is 2.02. The molecule has 0 N–H and O–H groups in total. The fraction of sp³-hybridized carbons (Fsp3) is 0.350. The monoisotopic (exact) mass is 418 g/mol. The average molecular weight is 419 g/mol. The van der Waals surface area contributed by atoms with Gasteiger partial charge in [-0.2, -0.15) is 0 Å². The van der Waals surface area contributed by atoms with Gasteiger partial charge >= 0.3 is 0 Å². The maximum absolute atomic E-state index is 12.0. The number of hydrogen-bond donors (Lipinski definition) is 0. The second-order valence-electron chi connectivity index (χ2n) is 6.93. The standard InChI is InChI=1S/C20H22N2O4S2/c1-25-18-6-4-15(5-7-18)11-22(17-8-10-28(23,24)14-17)12-16-13-27-20(21-16)19-3-2-9-26-19/h2-7,9,13,17H,8,10-12,14H2,1H3. The minimum atomic E-state index is -2.96.